The maximum Gasteiger partial charge on any atom is 0.164 e. The first-order valence-electron chi connectivity index (χ1n) is 9.74. The van der Waals surface area contributed by atoms with E-state index in [1.165, 1.54) is 19.3 Å². The number of carbonyl (C=O) groups excluding carboxylic acids is 1. The van der Waals surface area contributed by atoms with Gasteiger partial charge < -0.3 is 5.11 Å². The summed E-state index contributed by atoms with van der Waals surface area (Å²) in [6, 6.07) is 0. The van der Waals surface area contributed by atoms with Gasteiger partial charge in [-0.25, -0.2) is 0 Å². The van der Waals surface area contributed by atoms with Gasteiger partial charge in [-0.3, -0.25) is 4.79 Å². The summed E-state index contributed by atoms with van der Waals surface area (Å²) < 4.78 is 0. The quantitative estimate of drug-likeness (QED) is 0.701. The van der Waals surface area contributed by atoms with E-state index in [0.717, 1.165) is 30.6 Å². The van der Waals surface area contributed by atoms with E-state index >= 15 is 0 Å². The SMILES string of the molecule is CC1CCCC2CCCC12.CCCCC(=O)C(O)(CC)CC. The lowest BCUT2D eigenvalue weighted by Crippen LogP contribution is -2.36. The minimum absolute atomic E-state index is 0.00866. The Labute approximate surface area is 138 Å². The van der Waals surface area contributed by atoms with Crippen LogP contribution < -0.4 is 0 Å². The van der Waals surface area contributed by atoms with E-state index < -0.39 is 5.60 Å². The zero-order valence-electron chi connectivity index (χ0n) is 15.4. The zero-order valence-corrected chi connectivity index (χ0v) is 15.4. The Morgan fingerprint density at radius 2 is 1.64 bits per heavy atom. The number of fused-ring (bicyclic) bond motifs is 1. The molecular weight excluding hydrogens is 272 g/mol. The fourth-order valence-electron chi connectivity index (χ4n) is 4.30. The van der Waals surface area contributed by atoms with Gasteiger partial charge in [-0.15, -0.1) is 0 Å². The van der Waals surface area contributed by atoms with Crippen molar-refractivity contribution < 1.29 is 9.90 Å². The van der Waals surface area contributed by atoms with E-state index in [-0.39, 0.29) is 5.78 Å². The van der Waals surface area contributed by atoms with Crippen LogP contribution in [0.3, 0.4) is 0 Å². The fourth-order valence-corrected chi connectivity index (χ4v) is 4.30. The topological polar surface area (TPSA) is 37.3 Å². The van der Waals surface area contributed by atoms with Gasteiger partial charge in [0, 0.05) is 6.42 Å². The normalized spacial score (nSPS) is 27.8. The van der Waals surface area contributed by atoms with Crippen molar-refractivity contribution in [3.8, 4) is 0 Å². The van der Waals surface area contributed by atoms with E-state index in [9.17, 15) is 9.90 Å². The molecule has 0 aromatic rings. The molecule has 22 heavy (non-hydrogen) atoms. The number of carbonyl (C=O) groups is 1. The maximum absolute atomic E-state index is 11.4. The molecule has 3 unspecified atom stereocenters. The van der Waals surface area contributed by atoms with Crippen molar-refractivity contribution in [1.82, 2.24) is 0 Å². The summed E-state index contributed by atoms with van der Waals surface area (Å²) in [6.45, 7) is 8.22. The first kappa shape index (κ1) is 19.7. The largest absolute Gasteiger partial charge is 0.382 e. The molecule has 2 nitrogen and oxygen atoms in total. The van der Waals surface area contributed by atoms with E-state index in [1.54, 1.807) is 19.3 Å². The van der Waals surface area contributed by atoms with Crippen LogP contribution in [0.4, 0.5) is 0 Å². The molecule has 2 heteroatoms. The van der Waals surface area contributed by atoms with Gasteiger partial charge in [-0.05, 0) is 43.4 Å². The molecule has 130 valence electrons. The minimum atomic E-state index is -1.05. The van der Waals surface area contributed by atoms with Gasteiger partial charge in [0.1, 0.15) is 5.60 Å². The molecule has 2 saturated carbocycles. The van der Waals surface area contributed by atoms with Crippen molar-refractivity contribution in [2.24, 2.45) is 17.8 Å². The lowest BCUT2D eigenvalue weighted by molar-refractivity contribution is -0.138. The predicted molar refractivity (Wildman–Crippen MR) is 93.9 cm³/mol. The number of aliphatic hydroxyl groups is 1. The third-order valence-electron chi connectivity index (χ3n) is 6.13. The molecule has 0 spiro atoms. The van der Waals surface area contributed by atoms with Gasteiger partial charge in [0.25, 0.3) is 0 Å². The van der Waals surface area contributed by atoms with Crippen LogP contribution in [0.25, 0.3) is 0 Å². The lowest BCUT2D eigenvalue weighted by atomic mass is 9.75. The second-order valence-electron chi connectivity index (χ2n) is 7.53. The van der Waals surface area contributed by atoms with Crippen LogP contribution in [0, 0.1) is 17.8 Å². The van der Waals surface area contributed by atoms with E-state index in [4.69, 9.17) is 0 Å². The second-order valence-corrected chi connectivity index (χ2v) is 7.53. The molecule has 1 N–H and O–H groups in total. The Balaban J connectivity index is 0.000000222. The number of unbranched alkanes of at least 4 members (excludes halogenated alkanes) is 1. The average Bonchev–Trinajstić information content (AvgIpc) is 3.02. The van der Waals surface area contributed by atoms with Gasteiger partial charge in [-0.2, -0.15) is 0 Å². The van der Waals surface area contributed by atoms with Crippen LogP contribution in [0.1, 0.15) is 98.3 Å². The molecule has 0 radical (unpaired) electrons. The molecule has 0 saturated heterocycles. The number of ketones is 1. The fraction of sp³-hybridized carbons (Fsp3) is 0.950. The third kappa shape index (κ3) is 5.37. The van der Waals surface area contributed by atoms with Gasteiger partial charge in [0.05, 0.1) is 0 Å². The third-order valence-corrected chi connectivity index (χ3v) is 6.13. The summed E-state index contributed by atoms with van der Waals surface area (Å²) in [5.74, 6) is 3.34. The van der Waals surface area contributed by atoms with Crippen LogP contribution in [-0.2, 0) is 4.79 Å². The highest BCUT2D eigenvalue weighted by Gasteiger charge is 2.33. The van der Waals surface area contributed by atoms with E-state index in [2.05, 4.69) is 6.92 Å². The Morgan fingerprint density at radius 3 is 2.14 bits per heavy atom. The maximum atomic E-state index is 11.4. The van der Waals surface area contributed by atoms with Crippen LogP contribution in [0.2, 0.25) is 0 Å². The van der Waals surface area contributed by atoms with Gasteiger partial charge in [-0.1, -0.05) is 66.2 Å². The summed E-state index contributed by atoms with van der Waals surface area (Å²) in [4.78, 5) is 11.4. The molecule has 0 amide bonds. The Hall–Kier alpha value is -0.370. The molecule has 3 atom stereocenters. The molecule has 0 bridgehead atoms. The predicted octanol–water partition coefficient (Wildman–Crippen LogP) is 5.52. The Morgan fingerprint density at radius 1 is 1.05 bits per heavy atom. The summed E-state index contributed by atoms with van der Waals surface area (Å²) in [7, 11) is 0. The Bertz CT molecular complexity index is 320. The minimum Gasteiger partial charge on any atom is -0.382 e. The Kier molecular flexibility index (Phi) is 8.67. The van der Waals surface area contributed by atoms with Crippen LogP contribution in [-0.4, -0.2) is 16.5 Å². The number of hydrogen-bond acceptors (Lipinski definition) is 2. The van der Waals surface area contributed by atoms with Crippen molar-refractivity contribution in [3.63, 3.8) is 0 Å². The smallest absolute Gasteiger partial charge is 0.164 e. The van der Waals surface area contributed by atoms with Gasteiger partial charge in [0.2, 0.25) is 0 Å². The first-order valence-corrected chi connectivity index (χ1v) is 9.74. The molecule has 2 aliphatic carbocycles. The van der Waals surface area contributed by atoms with E-state index in [0.29, 0.717) is 19.3 Å². The van der Waals surface area contributed by atoms with Crippen molar-refractivity contribution in [1.29, 1.82) is 0 Å². The summed E-state index contributed by atoms with van der Waals surface area (Å²) in [5.41, 5.74) is -1.05. The summed E-state index contributed by atoms with van der Waals surface area (Å²) >= 11 is 0. The summed E-state index contributed by atoms with van der Waals surface area (Å²) in [5, 5.41) is 9.77. The van der Waals surface area contributed by atoms with E-state index in [1.807, 2.05) is 20.8 Å². The van der Waals surface area contributed by atoms with Crippen LogP contribution in [0.5, 0.6) is 0 Å². The molecule has 2 rings (SSSR count). The monoisotopic (exact) mass is 310 g/mol. The molecule has 2 fully saturated rings. The van der Waals surface area contributed by atoms with Crippen molar-refractivity contribution in [2.45, 2.75) is 104 Å². The second kappa shape index (κ2) is 9.70. The number of hydrogen-bond donors (Lipinski definition) is 1. The first-order chi connectivity index (χ1) is 10.5. The standard InChI is InChI=1S/C10H20O2.C10H18/c1-4-7-8-9(11)10(12,5-2)6-3;1-8-4-2-5-9-6-3-7-10(8)9/h12H,4-8H2,1-3H3;8-10H,2-7H2,1H3. The highest BCUT2D eigenvalue weighted by molar-refractivity contribution is 5.86. The average molecular weight is 311 g/mol. The van der Waals surface area contributed by atoms with Gasteiger partial charge >= 0.3 is 0 Å². The lowest BCUT2D eigenvalue weighted by Gasteiger charge is -2.31. The molecule has 0 heterocycles. The van der Waals surface area contributed by atoms with Crippen LogP contribution >= 0.6 is 0 Å². The van der Waals surface area contributed by atoms with Crippen LogP contribution in [0.15, 0.2) is 0 Å². The van der Waals surface area contributed by atoms with Crippen molar-refractivity contribution in [3.05, 3.63) is 0 Å². The highest BCUT2D eigenvalue weighted by Crippen LogP contribution is 2.44. The highest BCUT2D eigenvalue weighted by atomic mass is 16.3. The number of Topliss-reactive ketones (excluding diaryl/α,β-unsaturated/α-hetero) is 1. The van der Waals surface area contributed by atoms with Crippen molar-refractivity contribution in [2.75, 3.05) is 0 Å². The molecule has 0 aromatic heterocycles. The molecular formula is C20H38O2. The summed E-state index contributed by atoms with van der Waals surface area (Å²) in [6.07, 6.45) is 12.7. The number of rotatable bonds is 6. The van der Waals surface area contributed by atoms with Gasteiger partial charge in [0.15, 0.2) is 5.78 Å². The molecule has 2 aliphatic rings. The van der Waals surface area contributed by atoms with Crippen molar-refractivity contribution >= 4 is 5.78 Å². The molecule has 0 aliphatic heterocycles. The molecule has 0 aromatic carbocycles. The zero-order chi connectivity index (χ0) is 16.6.